The monoisotopic (exact) mass is 728 g/mol. The van der Waals surface area contributed by atoms with Crippen LogP contribution in [0.1, 0.15) is 79.9 Å². The lowest BCUT2D eigenvalue weighted by Gasteiger charge is -2.24. The van der Waals surface area contributed by atoms with Crippen LogP contribution in [-0.4, -0.2) is 93.5 Å². The summed E-state index contributed by atoms with van der Waals surface area (Å²) in [7, 11) is 0.0461. The molecule has 10 nitrogen and oxygen atoms in total. The van der Waals surface area contributed by atoms with E-state index in [1.807, 2.05) is 73.7 Å². The smallest absolute Gasteiger partial charge is 0.326 e. The normalized spacial score (nSPS) is 14.5. The molecule has 2 atom stereocenters. The zero-order valence-corrected chi connectivity index (χ0v) is 32.4. The minimum Gasteiger partial charge on any atom is -0.480 e. The fraction of sp³-hybridized carbons (Fsp3) is 0.500. The first-order chi connectivity index (χ1) is 24.3. The second kappa shape index (κ2) is 25.4. The number of benzene rings is 3. The van der Waals surface area contributed by atoms with Crippen molar-refractivity contribution in [2.24, 2.45) is 0 Å². The lowest BCUT2D eigenvalue weighted by Crippen LogP contribution is -2.42. The number of carboxylic acid groups (broad SMARTS) is 1. The molecule has 284 valence electrons. The molecule has 0 saturated carbocycles. The molecule has 11 heteroatoms. The Labute approximate surface area is 306 Å². The fourth-order valence-electron chi connectivity index (χ4n) is 5.27. The van der Waals surface area contributed by atoms with E-state index in [1.54, 1.807) is 27.2 Å². The summed E-state index contributed by atoms with van der Waals surface area (Å²) in [5.41, 5.74) is 5.22. The average Bonchev–Trinajstić information content (AvgIpc) is 3.54. The first kappa shape index (κ1) is 45.4. The largest absolute Gasteiger partial charge is 0.480 e. The van der Waals surface area contributed by atoms with E-state index in [0.717, 1.165) is 48.9 Å². The van der Waals surface area contributed by atoms with Gasteiger partial charge in [-0.05, 0) is 79.6 Å². The van der Waals surface area contributed by atoms with Crippen LogP contribution in [0.5, 0.6) is 0 Å². The molecule has 1 saturated heterocycles. The number of amides is 1. The highest BCUT2D eigenvalue weighted by molar-refractivity contribution is 7.90. The molecule has 1 amide bonds. The third-order valence-corrected chi connectivity index (χ3v) is 9.02. The number of aliphatic hydroxyl groups excluding tert-OH is 1. The van der Waals surface area contributed by atoms with Crippen molar-refractivity contribution in [3.8, 4) is 11.1 Å². The lowest BCUT2D eigenvalue weighted by atomic mass is 9.93. The van der Waals surface area contributed by atoms with E-state index in [4.69, 9.17) is 14.6 Å². The molecule has 1 heterocycles. The van der Waals surface area contributed by atoms with Crippen molar-refractivity contribution in [3.05, 3.63) is 95.1 Å². The first-order valence-electron chi connectivity index (χ1n) is 17.6. The molecule has 3 aromatic rings. The first-order valence-corrected chi connectivity index (χ1v) is 19.7. The zero-order valence-electron chi connectivity index (χ0n) is 31.6. The van der Waals surface area contributed by atoms with Gasteiger partial charge < -0.3 is 25.0 Å². The molecule has 0 aromatic heterocycles. The summed E-state index contributed by atoms with van der Waals surface area (Å²) < 4.78 is 33.3. The highest BCUT2D eigenvalue weighted by atomic mass is 32.2. The van der Waals surface area contributed by atoms with Crippen molar-refractivity contribution in [1.82, 2.24) is 10.2 Å². The lowest BCUT2D eigenvalue weighted by molar-refractivity contribution is -0.139. The minimum absolute atomic E-state index is 0.201. The second-order valence-corrected chi connectivity index (χ2v) is 14.7. The molecule has 1 aliphatic heterocycles. The summed E-state index contributed by atoms with van der Waals surface area (Å²) in [5, 5.41) is 19.6. The van der Waals surface area contributed by atoms with Gasteiger partial charge in [0.15, 0.2) is 0 Å². The van der Waals surface area contributed by atoms with Gasteiger partial charge in [-0.2, -0.15) is 0 Å². The highest BCUT2D eigenvalue weighted by Crippen LogP contribution is 2.30. The van der Waals surface area contributed by atoms with Crippen LogP contribution >= 0.6 is 0 Å². The molecule has 3 N–H and O–H groups in total. The number of hydrogen-bond donors (Lipinski definition) is 3. The molecule has 3 aromatic carbocycles. The van der Waals surface area contributed by atoms with Crippen LogP contribution in [-0.2, 0) is 37.3 Å². The van der Waals surface area contributed by atoms with Crippen molar-refractivity contribution in [2.75, 3.05) is 46.0 Å². The van der Waals surface area contributed by atoms with Crippen LogP contribution in [0, 0.1) is 6.92 Å². The quantitative estimate of drug-likeness (QED) is 0.169. The summed E-state index contributed by atoms with van der Waals surface area (Å²) in [6.45, 7) is 11.3. The molecule has 0 spiro atoms. The Morgan fingerprint density at radius 3 is 2.10 bits per heavy atom. The van der Waals surface area contributed by atoms with E-state index in [-0.39, 0.29) is 18.8 Å². The molecule has 1 aliphatic rings. The predicted molar refractivity (Wildman–Crippen MR) is 206 cm³/mol. The number of ether oxygens (including phenoxy) is 2. The highest BCUT2D eigenvalue weighted by Gasteiger charge is 2.26. The summed E-state index contributed by atoms with van der Waals surface area (Å²) >= 11 is 0. The van der Waals surface area contributed by atoms with Crippen molar-refractivity contribution in [2.45, 2.75) is 85.0 Å². The third kappa shape index (κ3) is 17.9. The second-order valence-electron chi connectivity index (χ2n) is 12.4. The average molecular weight is 729 g/mol. The topological polar surface area (TPSA) is 142 Å². The van der Waals surface area contributed by atoms with Crippen LogP contribution in [0.3, 0.4) is 0 Å². The Morgan fingerprint density at radius 1 is 0.922 bits per heavy atom. The molecule has 0 bridgehead atoms. The maximum absolute atomic E-state index is 13.2. The minimum atomic E-state index is -3.36. The number of carbonyl (C=O) groups is 2. The Morgan fingerprint density at radius 2 is 1.55 bits per heavy atom. The number of rotatable bonds is 14. The number of sulfone groups is 1. The van der Waals surface area contributed by atoms with Gasteiger partial charge in [-0.1, -0.05) is 87.4 Å². The van der Waals surface area contributed by atoms with Gasteiger partial charge in [0, 0.05) is 45.2 Å². The predicted octanol–water partition coefficient (Wildman–Crippen LogP) is 6.53. The molecular formula is C40H60N2O8S. The maximum atomic E-state index is 13.2. The Balaban J connectivity index is 0.000000671. The number of aliphatic carboxylic acids is 1. The van der Waals surface area contributed by atoms with Gasteiger partial charge in [-0.25, -0.2) is 13.2 Å². The van der Waals surface area contributed by atoms with E-state index in [2.05, 4.69) is 24.1 Å². The Bertz CT molecular complexity index is 1530. The zero-order chi connectivity index (χ0) is 38.2. The third-order valence-electron chi connectivity index (χ3n) is 8.04. The van der Waals surface area contributed by atoms with Crippen LogP contribution in [0.2, 0.25) is 0 Å². The fourth-order valence-corrected chi connectivity index (χ4v) is 5.93. The molecule has 0 aliphatic carbocycles. The van der Waals surface area contributed by atoms with Crippen LogP contribution in [0.25, 0.3) is 11.1 Å². The number of hydrogen-bond acceptors (Lipinski definition) is 8. The number of likely N-dealkylation sites (tertiary alicyclic amines) is 1. The Hall–Kier alpha value is -3.61. The van der Waals surface area contributed by atoms with Gasteiger partial charge in [-0.3, -0.25) is 9.69 Å². The van der Waals surface area contributed by atoms with Gasteiger partial charge in [-0.15, -0.1) is 0 Å². The number of aryl methyl sites for hydroxylation is 1. The van der Waals surface area contributed by atoms with Crippen molar-refractivity contribution >= 4 is 21.7 Å². The van der Waals surface area contributed by atoms with Gasteiger partial charge in [0.05, 0.1) is 19.0 Å². The molecule has 0 radical (unpaired) electrons. The van der Waals surface area contributed by atoms with Crippen molar-refractivity contribution < 1.29 is 37.7 Å². The molecule has 1 fully saturated rings. The van der Waals surface area contributed by atoms with Gasteiger partial charge in [0.25, 0.3) is 5.91 Å². The van der Waals surface area contributed by atoms with E-state index in [9.17, 15) is 23.1 Å². The van der Waals surface area contributed by atoms with Crippen molar-refractivity contribution in [3.63, 3.8) is 0 Å². The van der Waals surface area contributed by atoms with Gasteiger partial charge >= 0.3 is 5.97 Å². The SMILES string of the molecule is CCCC.CCO.COCC1CCCN1Cc1ccc(C(=O)NC(CCS(C)(=O)=O)C(=O)O)c(-c2ccccc2C)c1.COCc1ccccc1. The number of aliphatic hydroxyl groups is 1. The van der Waals surface area contributed by atoms with Gasteiger partial charge in [0.2, 0.25) is 0 Å². The maximum Gasteiger partial charge on any atom is 0.326 e. The number of unbranched alkanes of at least 4 members (excludes halogenated alkanes) is 1. The Kier molecular flexibility index (Phi) is 22.6. The summed E-state index contributed by atoms with van der Waals surface area (Å²) in [6.07, 6.45) is 5.68. The van der Waals surface area contributed by atoms with Crippen LogP contribution < -0.4 is 5.32 Å². The van der Waals surface area contributed by atoms with E-state index in [1.165, 1.54) is 18.4 Å². The molecule has 4 rings (SSSR count). The van der Waals surface area contributed by atoms with E-state index < -0.39 is 27.8 Å². The van der Waals surface area contributed by atoms with Gasteiger partial charge in [0.1, 0.15) is 15.9 Å². The number of carbonyl (C=O) groups excluding carboxylic acids is 1. The summed E-state index contributed by atoms with van der Waals surface area (Å²) in [6, 6.07) is 22.5. The number of carboxylic acids is 1. The number of nitrogens with one attached hydrogen (secondary N) is 1. The number of methoxy groups -OCH3 is 2. The van der Waals surface area contributed by atoms with Crippen LogP contribution in [0.15, 0.2) is 72.8 Å². The summed E-state index contributed by atoms with van der Waals surface area (Å²) in [4.78, 5) is 27.3. The summed E-state index contributed by atoms with van der Waals surface area (Å²) in [5.74, 6) is -2.14. The molecule has 2 unspecified atom stereocenters. The molecule has 51 heavy (non-hydrogen) atoms. The van der Waals surface area contributed by atoms with Crippen LogP contribution in [0.4, 0.5) is 0 Å². The molecular weight excluding hydrogens is 669 g/mol. The standard InChI is InChI=1S/C26H34N2O6S.C8H10O.C4H10.C2H6O/c1-18-7-4-5-9-21(18)23-15-19(16-28-13-6-8-20(28)17-34-2)10-11-22(23)25(29)27-24(26(30)31)12-14-35(3,32)33;1-9-7-8-5-3-2-4-6-8;1-3-4-2;1-2-3/h4-5,7,9-11,15,20,24H,6,8,12-14,16-17H2,1-3H3,(H,27,29)(H,30,31);2-6H,7H2,1H3;3-4H2,1-2H3;3H,2H2,1H3. The van der Waals surface area contributed by atoms with Crippen molar-refractivity contribution in [1.29, 1.82) is 0 Å². The number of nitrogens with zero attached hydrogens (tertiary/aromatic N) is 1. The van der Waals surface area contributed by atoms with E-state index in [0.29, 0.717) is 30.4 Å². The van der Waals surface area contributed by atoms with E-state index >= 15 is 0 Å².